The van der Waals surface area contributed by atoms with Gasteiger partial charge in [0.15, 0.2) is 11.5 Å². The molecular formula is C21H18Cl2FN3O2. The quantitative estimate of drug-likeness (QED) is 0.595. The van der Waals surface area contributed by atoms with Crippen LogP contribution >= 0.6 is 23.2 Å². The minimum absolute atomic E-state index is 0.175. The van der Waals surface area contributed by atoms with Gasteiger partial charge in [-0.1, -0.05) is 40.5 Å². The monoisotopic (exact) mass is 433 g/mol. The maximum Gasteiger partial charge on any atom is 0.276 e. The average Bonchev–Trinajstić information content (AvgIpc) is 3.20. The van der Waals surface area contributed by atoms with Gasteiger partial charge in [0.25, 0.3) is 5.91 Å². The van der Waals surface area contributed by atoms with Crippen LogP contribution in [0.25, 0.3) is 11.3 Å². The molecule has 0 atom stereocenters. The number of amides is 1. The molecular weight excluding hydrogens is 416 g/mol. The third-order valence-electron chi connectivity index (χ3n) is 4.90. The standard InChI is InChI=1S/C21H18Cl2FN3O2/c22-15-3-6-17(18(23)11-15)20-12-19(25-29-20)21(28)27-9-7-26(8-10-27)13-14-1-4-16(24)5-2-14/h1-6,11-12H,7-10,13H2. The predicted octanol–water partition coefficient (Wildman–Crippen LogP) is 4.75. The molecule has 1 aromatic heterocycles. The van der Waals surface area contributed by atoms with Crippen molar-refractivity contribution in [3.05, 3.63) is 75.7 Å². The lowest BCUT2D eigenvalue weighted by atomic mass is 10.1. The predicted molar refractivity (Wildman–Crippen MR) is 110 cm³/mol. The summed E-state index contributed by atoms with van der Waals surface area (Å²) >= 11 is 12.1. The number of hydrogen-bond donors (Lipinski definition) is 0. The molecule has 1 aliphatic rings. The van der Waals surface area contributed by atoms with Crippen LogP contribution in [0.3, 0.4) is 0 Å². The summed E-state index contributed by atoms with van der Waals surface area (Å²) in [5.41, 5.74) is 1.93. The van der Waals surface area contributed by atoms with Gasteiger partial charge in [0, 0.05) is 49.4 Å². The van der Waals surface area contributed by atoms with Gasteiger partial charge in [0.2, 0.25) is 0 Å². The van der Waals surface area contributed by atoms with E-state index in [0.29, 0.717) is 34.5 Å². The topological polar surface area (TPSA) is 49.6 Å². The number of rotatable bonds is 4. The Balaban J connectivity index is 1.37. The third kappa shape index (κ3) is 4.61. The number of carbonyl (C=O) groups excluding carboxylic acids is 1. The number of nitrogens with zero attached hydrogens (tertiary/aromatic N) is 3. The van der Waals surface area contributed by atoms with Crippen LogP contribution in [0.5, 0.6) is 0 Å². The Morgan fingerprint density at radius 3 is 2.45 bits per heavy atom. The van der Waals surface area contributed by atoms with Gasteiger partial charge in [0.1, 0.15) is 5.82 Å². The smallest absolute Gasteiger partial charge is 0.276 e. The summed E-state index contributed by atoms with van der Waals surface area (Å²) in [5.74, 6) is 0.00696. The summed E-state index contributed by atoms with van der Waals surface area (Å²) < 4.78 is 18.4. The fraction of sp³-hybridized carbons (Fsp3) is 0.238. The first-order chi connectivity index (χ1) is 14.0. The normalized spacial score (nSPS) is 14.9. The molecule has 4 rings (SSSR count). The van der Waals surface area contributed by atoms with Crippen molar-refractivity contribution in [3.8, 4) is 11.3 Å². The average molecular weight is 434 g/mol. The second kappa shape index (κ2) is 8.53. The molecule has 2 heterocycles. The molecule has 0 unspecified atom stereocenters. The molecule has 0 N–H and O–H groups in total. The second-order valence-electron chi connectivity index (χ2n) is 6.90. The van der Waals surface area contributed by atoms with Crippen molar-refractivity contribution in [2.24, 2.45) is 0 Å². The Morgan fingerprint density at radius 2 is 1.76 bits per heavy atom. The molecule has 8 heteroatoms. The van der Waals surface area contributed by atoms with Gasteiger partial charge in [0.05, 0.1) is 5.02 Å². The van der Waals surface area contributed by atoms with Gasteiger partial charge in [-0.2, -0.15) is 0 Å². The van der Waals surface area contributed by atoms with Crippen LogP contribution < -0.4 is 0 Å². The van der Waals surface area contributed by atoms with Crippen LogP contribution in [0.4, 0.5) is 4.39 Å². The van der Waals surface area contributed by atoms with Crippen molar-refractivity contribution >= 4 is 29.1 Å². The summed E-state index contributed by atoms with van der Waals surface area (Å²) in [7, 11) is 0. The van der Waals surface area contributed by atoms with E-state index in [1.54, 1.807) is 41.3 Å². The molecule has 29 heavy (non-hydrogen) atoms. The molecule has 1 amide bonds. The van der Waals surface area contributed by atoms with Gasteiger partial charge in [-0.3, -0.25) is 9.69 Å². The molecule has 1 fully saturated rings. The van der Waals surface area contributed by atoms with Gasteiger partial charge >= 0.3 is 0 Å². The Kier molecular flexibility index (Phi) is 5.85. The first kappa shape index (κ1) is 19.9. The van der Waals surface area contributed by atoms with Crippen molar-refractivity contribution < 1.29 is 13.7 Å². The van der Waals surface area contributed by atoms with E-state index in [1.165, 1.54) is 12.1 Å². The highest BCUT2D eigenvalue weighted by Gasteiger charge is 2.25. The molecule has 2 aromatic carbocycles. The molecule has 0 saturated carbocycles. The molecule has 0 radical (unpaired) electrons. The van der Waals surface area contributed by atoms with Crippen molar-refractivity contribution in [2.45, 2.75) is 6.54 Å². The molecule has 0 bridgehead atoms. The maximum atomic E-state index is 13.0. The lowest BCUT2D eigenvalue weighted by molar-refractivity contribution is 0.0618. The van der Waals surface area contributed by atoms with E-state index in [9.17, 15) is 9.18 Å². The Morgan fingerprint density at radius 1 is 1.03 bits per heavy atom. The molecule has 3 aromatic rings. The number of carbonyl (C=O) groups is 1. The second-order valence-corrected chi connectivity index (χ2v) is 7.74. The zero-order chi connectivity index (χ0) is 20.4. The fourth-order valence-electron chi connectivity index (χ4n) is 3.31. The lowest BCUT2D eigenvalue weighted by Crippen LogP contribution is -2.48. The number of halogens is 3. The zero-order valence-corrected chi connectivity index (χ0v) is 17.0. The van der Waals surface area contributed by atoms with E-state index < -0.39 is 0 Å². The molecule has 1 saturated heterocycles. The van der Waals surface area contributed by atoms with E-state index in [2.05, 4.69) is 10.1 Å². The van der Waals surface area contributed by atoms with Crippen LogP contribution in [0, 0.1) is 5.82 Å². The highest BCUT2D eigenvalue weighted by atomic mass is 35.5. The highest BCUT2D eigenvalue weighted by molar-refractivity contribution is 6.36. The maximum absolute atomic E-state index is 13.0. The number of hydrogen-bond acceptors (Lipinski definition) is 4. The van der Waals surface area contributed by atoms with Gasteiger partial charge in [-0.25, -0.2) is 4.39 Å². The zero-order valence-electron chi connectivity index (χ0n) is 15.4. The first-order valence-corrected chi connectivity index (χ1v) is 9.93. The van der Waals surface area contributed by atoms with Gasteiger partial charge in [-0.05, 0) is 35.9 Å². The Bertz CT molecular complexity index is 1020. The minimum atomic E-state index is -0.240. The van der Waals surface area contributed by atoms with Gasteiger partial charge < -0.3 is 9.42 Å². The molecule has 1 aliphatic heterocycles. The summed E-state index contributed by atoms with van der Waals surface area (Å²) in [6.07, 6.45) is 0. The van der Waals surface area contributed by atoms with E-state index in [0.717, 1.165) is 25.2 Å². The van der Waals surface area contributed by atoms with Crippen LogP contribution in [0.1, 0.15) is 16.1 Å². The van der Waals surface area contributed by atoms with E-state index in [-0.39, 0.29) is 17.4 Å². The first-order valence-electron chi connectivity index (χ1n) is 9.18. The summed E-state index contributed by atoms with van der Waals surface area (Å²) in [6.45, 7) is 3.37. The van der Waals surface area contributed by atoms with E-state index in [1.807, 2.05) is 0 Å². The number of aromatic nitrogens is 1. The Hall–Kier alpha value is -2.41. The van der Waals surface area contributed by atoms with Gasteiger partial charge in [-0.15, -0.1) is 0 Å². The summed E-state index contributed by atoms with van der Waals surface area (Å²) in [5, 5.41) is 4.87. The van der Waals surface area contributed by atoms with Crippen LogP contribution in [0.2, 0.25) is 10.0 Å². The van der Waals surface area contributed by atoms with E-state index in [4.69, 9.17) is 27.7 Å². The number of piperazine rings is 1. The molecule has 150 valence electrons. The largest absolute Gasteiger partial charge is 0.355 e. The third-order valence-corrected chi connectivity index (χ3v) is 5.45. The molecule has 0 aliphatic carbocycles. The van der Waals surface area contributed by atoms with Crippen LogP contribution in [-0.4, -0.2) is 47.0 Å². The Labute approximate surface area is 177 Å². The fourth-order valence-corrected chi connectivity index (χ4v) is 3.81. The molecule has 0 spiro atoms. The van der Waals surface area contributed by atoms with Crippen LogP contribution in [-0.2, 0) is 6.54 Å². The van der Waals surface area contributed by atoms with Crippen molar-refractivity contribution in [2.75, 3.05) is 26.2 Å². The van der Waals surface area contributed by atoms with Crippen LogP contribution in [0.15, 0.2) is 53.1 Å². The van der Waals surface area contributed by atoms with Crippen molar-refractivity contribution in [1.82, 2.24) is 15.0 Å². The minimum Gasteiger partial charge on any atom is -0.355 e. The summed E-state index contributed by atoms with van der Waals surface area (Å²) in [6, 6.07) is 13.1. The molecule has 5 nitrogen and oxygen atoms in total. The van der Waals surface area contributed by atoms with Crippen molar-refractivity contribution in [1.29, 1.82) is 0 Å². The SMILES string of the molecule is O=C(c1cc(-c2ccc(Cl)cc2Cl)on1)N1CCN(Cc2ccc(F)cc2)CC1. The highest BCUT2D eigenvalue weighted by Crippen LogP contribution is 2.31. The van der Waals surface area contributed by atoms with E-state index >= 15 is 0 Å². The van der Waals surface area contributed by atoms with Crippen molar-refractivity contribution in [3.63, 3.8) is 0 Å². The lowest BCUT2D eigenvalue weighted by Gasteiger charge is -2.34. The summed E-state index contributed by atoms with van der Waals surface area (Å²) in [4.78, 5) is 16.8. The number of benzene rings is 2.